The molecule has 0 aromatic heterocycles. The average Bonchev–Trinajstić information content (AvgIpc) is 3.30. The van der Waals surface area contributed by atoms with Crippen molar-refractivity contribution in [2.45, 2.75) is 38.3 Å². The quantitative estimate of drug-likeness (QED) is 0.377. The van der Waals surface area contributed by atoms with E-state index >= 15 is 0 Å². The van der Waals surface area contributed by atoms with Gasteiger partial charge in [0.25, 0.3) is 0 Å². The second-order valence-corrected chi connectivity index (χ2v) is 7.33. The molecule has 2 unspecified atom stereocenters. The van der Waals surface area contributed by atoms with E-state index in [0.29, 0.717) is 17.6 Å². The Balaban J connectivity index is 0.00000243. The third-order valence-electron chi connectivity index (χ3n) is 5.12. The lowest BCUT2D eigenvalue weighted by Gasteiger charge is -2.25. The Morgan fingerprint density at radius 2 is 1.96 bits per heavy atom. The fourth-order valence-corrected chi connectivity index (χ4v) is 3.85. The molecule has 2 heterocycles. The first-order valence-corrected chi connectivity index (χ1v) is 9.76. The molecule has 2 N–H and O–H groups in total. The molecule has 0 radical (unpaired) electrons. The molecule has 0 aliphatic carbocycles. The number of aliphatic imine (C=N–C) groups is 1. The van der Waals surface area contributed by atoms with Crippen LogP contribution in [-0.4, -0.2) is 66.2 Å². The molecular weight excluding hydrogens is 463 g/mol. The van der Waals surface area contributed by atoms with Gasteiger partial charge >= 0.3 is 0 Å². The summed E-state index contributed by atoms with van der Waals surface area (Å²) in [6.45, 7) is 7.81. The molecule has 146 valence electrons. The Bertz CT molecular complexity index is 577. The maximum Gasteiger partial charge on any atom is 0.194 e. The van der Waals surface area contributed by atoms with E-state index in [-0.39, 0.29) is 24.0 Å². The highest BCUT2D eigenvalue weighted by Crippen LogP contribution is 2.21. The van der Waals surface area contributed by atoms with Gasteiger partial charge in [0.05, 0.1) is 12.6 Å². The molecule has 0 bridgehead atoms. The number of hydrogen-bond acceptors (Lipinski definition) is 3. The zero-order valence-electron chi connectivity index (χ0n) is 15.4. The molecule has 3 rings (SSSR count). The lowest BCUT2D eigenvalue weighted by atomic mass is 10.1. The van der Waals surface area contributed by atoms with E-state index in [1.54, 1.807) is 12.1 Å². The second kappa shape index (κ2) is 10.7. The fraction of sp³-hybridized carbons (Fsp3) is 0.632. The highest BCUT2D eigenvalue weighted by molar-refractivity contribution is 14.0. The molecule has 2 atom stereocenters. The van der Waals surface area contributed by atoms with Crippen LogP contribution in [-0.2, 0) is 0 Å². The molecule has 1 aromatic carbocycles. The van der Waals surface area contributed by atoms with Gasteiger partial charge in [-0.3, -0.25) is 9.89 Å². The summed E-state index contributed by atoms with van der Waals surface area (Å²) in [5, 5.41) is 14.4. The number of guanidine groups is 1. The normalized spacial score (nSPS) is 22.3. The summed E-state index contributed by atoms with van der Waals surface area (Å²) < 4.78 is 0. The first kappa shape index (κ1) is 21.7. The van der Waals surface area contributed by atoms with Crippen LogP contribution < -0.4 is 5.32 Å². The van der Waals surface area contributed by atoms with E-state index in [2.05, 4.69) is 27.0 Å². The monoisotopic (exact) mass is 492 g/mol. The van der Waals surface area contributed by atoms with Crippen LogP contribution in [0.1, 0.15) is 37.9 Å². The van der Waals surface area contributed by atoms with Gasteiger partial charge < -0.3 is 15.3 Å². The maximum atomic E-state index is 10.4. The molecule has 5 nitrogen and oxygen atoms in total. The predicted molar refractivity (Wildman–Crippen MR) is 119 cm³/mol. The van der Waals surface area contributed by atoms with Crippen molar-refractivity contribution < 1.29 is 5.11 Å². The standard InChI is InChI=1S/C19H29ClN4O.HI/c1-2-21-19(22-13-18(25)15-5-7-16(20)8-6-15)24-12-9-17(14-24)23-10-3-4-11-23;/h5-8,17-18,25H,2-4,9-14H2,1H3,(H,21,22);1H. The third kappa shape index (κ3) is 5.71. The van der Waals surface area contributed by atoms with Gasteiger partial charge in [0.1, 0.15) is 0 Å². The molecule has 0 saturated carbocycles. The highest BCUT2D eigenvalue weighted by Gasteiger charge is 2.30. The van der Waals surface area contributed by atoms with Crippen molar-refractivity contribution >= 4 is 41.5 Å². The average molecular weight is 493 g/mol. The number of benzene rings is 1. The van der Waals surface area contributed by atoms with E-state index < -0.39 is 6.10 Å². The first-order valence-electron chi connectivity index (χ1n) is 9.38. The number of halogens is 2. The van der Waals surface area contributed by atoms with Gasteiger partial charge in [0.15, 0.2) is 5.96 Å². The van der Waals surface area contributed by atoms with Crippen LogP contribution in [0.2, 0.25) is 5.02 Å². The number of aliphatic hydroxyl groups is 1. The number of hydrogen-bond donors (Lipinski definition) is 2. The van der Waals surface area contributed by atoms with E-state index in [4.69, 9.17) is 11.6 Å². The Kier molecular flexibility index (Phi) is 8.93. The molecule has 0 spiro atoms. The molecule has 26 heavy (non-hydrogen) atoms. The summed E-state index contributed by atoms with van der Waals surface area (Å²) in [5.41, 5.74) is 0.848. The first-order chi connectivity index (χ1) is 12.2. The minimum Gasteiger partial charge on any atom is -0.386 e. The van der Waals surface area contributed by atoms with Crippen LogP contribution in [0.3, 0.4) is 0 Å². The van der Waals surface area contributed by atoms with Crippen molar-refractivity contribution in [2.24, 2.45) is 4.99 Å². The van der Waals surface area contributed by atoms with Crippen LogP contribution in [0, 0.1) is 0 Å². The van der Waals surface area contributed by atoms with Gasteiger partial charge in [0, 0.05) is 30.7 Å². The molecule has 2 aliphatic heterocycles. The Hall–Kier alpha value is -0.570. The summed E-state index contributed by atoms with van der Waals surface area (Å²) in [5.74, 6) is 0.914. The van der Waals surface area contributed by atoms with Gasteiger partial charge in [-0.25, -0.2) is 0 Å². The van der Waals surface area contributed by atoms with Crippen LogP contribution in [0.4, 0.5) is 0 Å². The predicted octanol–water partition coefficient (Wildman–Crippen LogP) is 3.13. The van der Waals surface area contributed by atoms with E-state index in [9.17, 15) is 5.11 Å². The zero-order valence-corrected chi connectivity index (χ0v) is 18.5. The largest absolute Gasteiger partial charge is 0.386 e. The van der Waals surface area contributed by atoms with Crippen molar-refractivity contribution in [3.05, 3.63) is 34.9 Å². The number of likely N-dealkylation sites (tertiary alicyclic amines) is 2. The molecule has 2 fully saturated rings. The summed E-state index contributed by atoms with van der Waals surface area (Å²) in [7, 11) is 0. The van der Waals surface area contributed by atoms with E-state index in [1.165, 1.54) is 32.4 Å². The topological polar surface area (TPSA) is 51.1 Å². The van der Waals surface area contributed by atoms with Gasteiger partial charge in [-0.1, -0.05) is 23.7 Å². The van der Waals surface area contributed by atoms with E-state index in [0.717, 1.165) is 31.2 Å². The van der Waals surface area contributed by atoms with Crippen molar-refractivity contribution in [3.8, 4) is 0 Å². The minimum atomic E-state index is -0.608. The number of rotatable bonds is 5. The SMILES string of the molecule is CCNC(=NCC(O)c1ccc(Cl)cc1)N1CCC(N2CCCC2)C1.I. The minimum absolute atomic E-state index is 0. The van der Waals surface area contributed by atoms with Crippen molar-refractivity contribution in [3.63, 3.8) is 0 Å². The Morgan fingerprint density at radius 1 is 1.27 bits per heavy atom. The maximum absolute atomic E-state index is 10.4. The Labute approximate surface area is 178 Å². The number of nitrogens with one attached hydrogen (secondary N) is 1. The number of nitrogens with zero attached hydrogens (tertiary/aromatic N) is 3. The van der Waals surface area contributed by atoms with Crippen LogP contribution >= 0.6 is 35.6 Å². The second-order valence-electron chi connectivity index (χ2n) is 6.89. The lowest BCUT2D eigenvalue weighted by molar-refractivity contribution is 0.186. The molecular formula is C19H30ClIN4O. The summed E-state index contributed by atoms with van der Waals surface area (Å²) in [6, 6.07) is 7.96. The van der Waals surface area contributed by atoms with Crippen molar-refractivity contribution in [1.82, 2.24) is 15.1 Å². The summed E-state index contributed by atoms with van der Waals surface area (Å²) in [4.78, 5) is 9.64. The molecule has 2 saturated heterocycles. The van der Waals surface area contributed by atoms with Crippen molar-refractivity contribution in [1.29, 1.82) is 0 Å². The number of aliphatic hydroxyl groups excluding tert-OH is 1. The van der Waals surface area contributed by atoms with E-state index in [1.807, 2.05) is 12.1 Å². The smallest absolute Gasteiger partial charge is 0.194 e. The molecule has 1 aromatic rings. The van der Waals surface area contributed by atoms with Crippen LogP contribution in [0.5, 0.6) is 0 Å². The van der Waals surface area contributed by atoms with Gasteiger partial charge in [0.2, 0.25) is 0 Å². The molecule has 0 amide bonds. The van der Waals surface area contributed by atoms with Gasteiger partial charge in [-0.2, -0.15) is 0 Å². The van der Waals surface area contributed by atoms with Crippen LogP contribution in [0.15, 0.2) is 29.3 Å². The molecule has 2 aliphatic rings. The third-order valence-corrected chi connectivity index (χ3v) is 5.38. The summed E-state index contributed by atoms with van der Waals surface area (Å²) in [6.07, 6.45) is 3.25. The van der Waals surface area contributed by atoms with Crippen LogP contribution in [0.25, 0.3) is 0 Å². The highest BCUT2D eigenvalue weighted by atomic mass is 127. The Morgan fingerprint density at radius 3 is 2.62 bits per heavy atom. The van der Waals surface area contributed by atoms with Gasteiger partial charge in [-0.05, 0) is 57.0 Å². The van der Waals surface area contributed by atoms with Crippen molar-refractivity contribution in [2.75, 3.05) is 39.3 Å². The molecule has 7 heteroatoms. The fourth-order valence-electron chi connectivity index (χ4n) is 3.73. The lowest BCUT2D eigenvalue weighted by Crippen LogP contribution is -2.43. The zero-order chi connectivity index (χ0) is 17.6. The summed E-state index contributed by atoms with van der Waals surface area (Å²) >= 11 is 5.91. The van der Waals surface area contributed by atoms with Gasteiger partial charge in [-0.15, -0.1) is 24.0 Å².